The highest BCUT2D eigenvalue weighted by Gasteiger charge is 2.36. The minimum Gasteiger partial charge on any atom is -0.478 e. The van der Waals surface area contributed by atoms with Crippen molar-refractivity contribution in [3.63, 3.8) is 0 Å². The SMILES string of the molecule is CC(C)c1c(C(=O)NC2(C)CCS(=O)(=O)CC2)nn2ccc(Oc3ncccc3OCC(F)(F)F)cc12. The van der Waals surface area contributed by atoms with Crippen LogP contribution in [0, 0.1) is 0 Å². The molecule has 0 atom stereocenters. The molecule has 1 aliphatic rings. The molecular formula is C24H27F3N4O5S. The number of nitrogens with one attached hydrogen (secondary N) is 1. The summed E-state index contributed by atoms with van der Waals surface area (Å²) < 4.78 is 73.6. The summed E-state index contributed by atoms with van der Waals surface area (Å²) in [5.41, 5.74) is 0.744. The topological polar surface area (TPSA) is 112 Å². The van der Waals surface area contributed by atoms with Gasteiger partial charge in [-0.05, 0) is 43.9 Å². The van der Waals surface area contributed by atoms with Crippen LogP contribution >= 0.6 is 0 Å². The van der Waals surface area contributed by atoms with Crippen molar-refractivity contribution >= 4 is 21.3 Å². The molecular weight excluding hydrogens is 513 g/mol. The number of hydrogen-bond acceptors (Lipinski definition) is 7. The predicted octanol–water partition coefficient (Wildman–Crippen LogP) is 4.28. The Hall–Kier alpha value is -3.35. The Labute approximate surface area is 211 Å². The Bertz CT molecular complexity index is 1410. The summed E-state index contributed by atoms with van der Waals surface area (Å²) in [5, 5.41) is 7.41. The van der Waals surface area contributed by atoms with E-state index < -0.39 is 34.1 Å². The number of carbonyl (C=O) groups excluding carboxylic acids is 1. The molecule has 0 aromatic carbocycles. The van der Waals surface area contributed by atoms with Crippen molar-refractivity contribution in [1.82, 2.24) is 19.9 Å². The lowest BCUT2D eigenvalue weighted by Gasteiger charge is -2.34. The zero-order valence-corrected chi connectivity index (χ0v) is 21.3. The smallest absolute Gasteiger partial charge is 0.422 e. The summed E-state index contributed by atoms with van der Waals surface area (Å²) in [5.74, 6) is -0.553. The fourth-order valence-electron chi connectivity index (χ4n) is 4.13. The van der Waals surface area contributed by atoms with Gasteiger partial charge in [-0.3, -0.25) is 4.79 Å². The summed E-state index contributed by atoms with van der Waals surface area (Å²) in [6.45, 7) is 4.13. The van der Waals surface area contributed by atoms with Gasteiger partial charge in [-0.2, -0.15) is 18.3 Å². The molecule has 1 aliphatic heterocycles. The summed E-state index contributed by atoms with van der Waals surface area (Å²) in [6, 6.07) is 5.92. The molecule has 0 spiro atoms. The average molecular weight is 541 g/mol. The first-order valence-corrected chi connectivity index (χ1v) is 13.5. The maximum atomic E-state index is 13.3. The number of sulfone groups is 1. The van der Waals surface area contributed by atoms with Crippen LogP contribution in [0.25, 0.3) is 5.52 Å². The van der Waals surface area contributed by atoms with Crippen LogP contribution in [-0.2, 0) is 9.84 Å². The molecule has 0 radical (unpaired) electrons. The van der Waals surface area contributed by atoms with E-state index in [2.05, 4.69) is 15.4 Å². The molecule has 1 saturated heterocycles. The minimum absolute atomic E-state index is 0.00881. The van der Waals surface area contributed by atoms with Gasteiger partial charge in [0.15, 0.2) is 18.1 Å². The molecule has 3 aromatic heterocycles. The highest BCUT2D eigenvalue weighted by Crippen LogP contribution is 2.33. The minimum atomic E-state index is -4.52. The number of amides is 1. The number of aromatic nitrogens is 3. The molecule has 3 aromatic rings. The van der Waals surface area contributed by atoms with Crippen LogP contribution in [0.1, 0.15) is 55.6 Å². The third-order valence-electron chi connectivity index (χ3n) is 6.12. The normalized spacial score (nSPS) is 17.1. The molecule has 200 valence electrons. The highest BCUT2D eigenvalue weighted by atomic mass is 32.2. The van der Waals surface area contributed by atoms with E-state index in [-0.39, 0.29) is 40.5 Å². The lowest BCUT2D eigenvalue weighted by atomic mass is 9.94. The number of pyridine rings is 2. The Morgan fingerprint density at radius 3 is 2.59 bits per heavy atom. The Morgan fingerprint density at radius 1 is 1.24 bits per heavy atom. The summed E-state index contributed by atoms with van der Waals surface area (Å²) >= 11 is 0. The number of rotatable bonds is 7. The van der Waals surface area contributed by atoms with Gasteiger partial charge in [-0.15, -0.1) is 0 Å². The monoisotopic (exact) mass is 540 g/mol. The van der Waals surface area contributed by atoms with E-state index >= 15 is 0 Å². The maximum Gasteiger partial charge on any atom is 0.422 e. The van der Waals surface area contributed by atoms with Gasteiger partial charge in [-0.25, -0.2) is 17.9 Å². The van der Waals surface area contributed by atoms with Crippen LogP contribution in [0.2, 0.25) is 0 Å². The van der Waals surface area contributed by atoms with Gasteiger partial charge in [-0.1, -0.05) is 13.8 Å². The molecule has 37 heavy (non-hydrogen) atoms. The molecule has 9 nitrogen and oxygen atoms in total. The zero-order chi connectivity index (χ0) is 27.0. The van der Waals surface area contributed by atoms with Crippen molar-refractivity contribution in [2.24, 2.45) is 0 Å². The number of ether oxygens (including phenoxy) is 2. The second-order valence-corrected chi connectivity index (χ2v) is 11.9. The van der Waals surface area contributed by atoms with E-state index in [4.69, 9.17) is 9.47 Å². The van der Waals surface area contributed by atoms with Gasteiger partial charge in [0.05, 0.1) is 17.0 Å². The van der Waals surface area contributed by atoms with Gasteiger partial charge in [0.1, 0.15) is 15.6 Å². The van der Waals surface area contributed by atoms with E-state index in [1.54, 1.807) is 18.3 Å². The predicted molar refractivity (Wildman–Crippen MR) is 129 cm³/mol. The van der Waals surface area contributed by atoms with Gasteiger partial charge < -0.3 is 14.8 Å². The molecule has 0 bridgehead atoms. The van der Waals surface area contributed by atoms with Crippen molar-refractivity contribution in [3.05, 3.63) is 47.9 Å². The molecule has 1 N–H and O–H groups in total. The van der Waals surface area contributed by atoms with Crippen molar-refractivity contribution < 1.29 is 35.9 Å². The lowest BCUT2D eigenvalue weighted by Crippen LogP contribution is -2.51. The molecule has 0 aliphatic carbocycles. The lowest BCUT2D eigenvalue weighted by molar-refractivity contribution is -0.153. The Morgan fingerprint density at radius 2 is 1.95 bits per heavy atom. The number of alkyl halides is 3. The second-order valence-electron chi connectivity index (χ2n) is 9.59. The maximum absolute atomic E-state index is 13.3. The quantitative estimate of drug-likeness (QED) is 0.476. The second kappa shape index (κ2) is 9.84. The summed E-state index contributed by atoms with van der Waals surface area (Å²) in [7, 11) is -3.10. The number of fused-ring (bicyclic) bond motifs is 1. The van der Waals surface area contributed by atoms with Crippen LogP contribution < -0.4 is 14.8 Å². The van der Waals surface area contributed by atoms with E-state index in [9.17, 15) is 26.4 Å². The third-order valence-corrected chi connectivity index (χ3v) is 7.78. The third kappa shape index (κ3) is 6.32. The first-order valence-electron chi connectivity index (χ1n) is 11.6. The van der Waals surface area contributed by atoms with Gasteiger partial charge in [0, 0.05) is 29.6 Å². The van der Waals surface area contributed by atoms with Crippen LogP contribution in [0.4, 0.5) is 13.2 Å². The van der Waals surface area contributed by atoms with Crippen molar-refractivity contribution in [2.75, 3.05) is 18.1 Å². The largest absolute Gasteiger partial charge is 0.478 e. The molecule has 4 rings (SSSR count). The van der Waals surface area contributed by atoms with Crippen LogP contribution in [0.5, 0.6) is 17.4 Å². The van der Waals surface area contributed by atoms with Crippen molar-refractivity contribution in [3.8, 4) is 17.4 Å². The van der Waals surface area contributed by atoms with E-state index in [1.165, 1.54) is 22.8 Å². The van der Waals surface area contributed by atoms with Gasteiger partial charge in [0.2, 0.25) is 0 Å². The van der Waals surface area contributed by atoms with Crippen LogP contribution in [0.15, 0.2) is 36.7 Å². The molecule has 13 heteroatoms. The molecule has 4 heterocycles. The standard InChI is InChI=1S/C24H27F3N4O5S/c1-15(2)19-17-13-16(36-22-18(5-4-9-28-22)35-14-24(25,26)27)6-10-31(17)30-20(19)21(32)29-23(3)7-11-37(33,34)12-8-23/h4-6,9-10,13,15H,7-8,11-12,14H2,1-3H3,(H,29,32). The van der Waals surface area contributed by atoms with Gasteiger partial charge >= 0.3 is 6.18 Å². The molecule has 1 fully saturated rings. The van der Waals surface area contributed by atoms with Gasteiger partial charge in [0.25, 0.3) is 11.8 Å². The number of halogens is 3. The zero-order valence-electron chi connectivity index (χ0n) is 20.5. The Balaban J connectivity index is 1.61. The first-order chi connectivity index (χ1) is 17.3. The van der Waals surface area contributed by atoms with Crippen molar-refractivity contribution in [2.45, 2.75) is 51.2 Å². The van der Waals surface area contributed by atoms with E-state index in [1.807, 2.05) is 20.8 Å². The van der Waals surface area contributed by atoms with E-state index in [0.717, 1.165) is 0 Å². The number of hydrogen-bond donors (Lipinski definition) is 1. The number of carbonyl (C=O) groups is 1. The highest BCUT2D eigenvalue weighted by molar-refractivity contribution is 7.91. The molecule has 0 saturated carbocycles. The summed E-state index contributed by atoms with van der Waals surface area (Å²) in [6.07, 6.45) is -0.956. The van der Waals surface area contributed by atoms with Crippen LogP contribution in [-0.4, -0.2) is 58.8 Å². The molecule has 1 amide bonds. The van der Waals surface area contributed by atoms with Crippen LogP contribution in [0.3, 0.4) is 0 Å². The number of nitrogens with zero attached hydrogens (tertiary/aromatic N) is 3. The van der Waals surface area contributed by atoms with Crippen molar-refractivity contribution in [1.29, 1.82) is 0 Å². The fourth-order valence-corrected chi connectivity index (χ4v) is 5.85. The molecule has 0 unspecified atom stereocenters. The fraction of sp³-hybridized carbons (Fsp3) is 0.458. The first kappa shape index (κ1) is 26.7. The summed E-state index contributed by atoms with van der Waals surface area (Å²) in [4.78, 5) is 17.2. The Kier molecular flexibility index (Phi) is 7.10. The average Bonchev–Trinajstić information content (AvgIpc) is 3.20. The van der Waals surface area contributed by atoms with E-state index in [0.29, 0.717) is 23.9 Å².